The Bertz CT molecular complexity index is 623. The maximum Gasteiger partial charge on any atom is 0.438 e. The van der Waals surface area contributed by atoms with Crippen LogP contribution in [0.25, 0.3) is 0 Å². The number of hydrogen-bond acceptors (Lipinski definition) is 3. The fourth-order valence-corrected chi connectivity index (χ4v) is 2.34. The smallest absolute Gasteiger partial charge is 0.362 e. The van der Waals surface area contributed by atoms with Crippen LogP contribution in [0.1, 0.15) is 38.3 Å². The predicted molar refractivity (Wildman–Crippen MR) is 79.7 cm³/mol. The predicted octanol–water partition coefficient (Wildman–Crippen LogP) is 3.09. The number of nitrogens with zero attached hydrogens (tertiary/aromatic N) is 2. The van der Waals surface area contributed by atoms with E-state index in [2.05, 4.69) is 5.10 Å². The van der Waals surface area contributed by atoms with Crippen LogP contribution in [0.4, 0.5) is 13.2 Å². The molecule has 1 atom stereocenters. The third-order valence-electron chi connectivity index (χ3n) is 3.84. The maximum absolute atomic E-state index is 13.3. The zero-order valence-electron chi connectivity index (χ0n) is 13.2. The lowest BCUT2D eigenvalue weighted by Crippen LogP contribution is -2.57. The van der Waals surface area contributed by atoms with Crippen LogP contribution in [0, 0.1) is 5.92 Å². The summed E-state index contributed by atoms with van der Waals surface area (Å²) in [7, 11) is 0. The van der Waals surface area contributed by atoms with Gasteiger partial charge >= 0.3 is 6.18 Å². The van der Waals surface area contributed by atoms with Crippen molar-refractivity contribution in [1.82, 2.24) is 5.01 Å². The second kappa shape index (κ2) is 5.96. The first kappa shape index (κ1) is 17.5. The van der Waals surface area contributed by atoms with Gasteiger partial charge in [0, 0.05) is 5.92 Å². The van der Waals surface area contributed by atoms with Crippen molar-refractivity contribution < 1.29 is 23.1 Å². The first-order chi connectivity index (χ1) is 10.6. The standard InChI is InChI=1S/C16H19F3N2O2/c1-4-11-5-7-12(8-6-11)13-9-15(23,16(17,18)19)21(20-13)14(22)10(2)3/h5-8,10,23H,4,9H2,1-3H3/t15-/m0/s1. The highest BCUT2D eigenvalue weighted by atomic mass is 19.4. The summed E-state index contributed by atoms with van der Waals surface area (Å²) in [5, 5.41) is 14.1. The van der Waals surface area contributed by atoms with Crippen LogP contribution in [-0.2, 0) is 11.2 Å². The summed E-state index contributed by atoms with van der Waals surface area (Å²) in [4.78, 5) is 12.0. The van der Waals surface area contributed by atoms with Crippen molar-refractivity contribution in [2.75, 3.05) is 0 Å². The number of hydrazone groups is 1. The topological polar surface area (TPSA) is 52.9 Å². The van der Waals surface area contributed by atoms with Gasteiger partial charge in [0.25, 0.3) is 5.72 Å². The lowest BCUT2D eigenvalue weighted by molar-refractivity contribution is -0.303. The van der Waals surface area contributed by atoms with Crippen LogP contribution in [0.2, 0.25) is 0 Å². The van der Waals surface area contributed by atoms with Gasteiger partial charge in [0.15, 0.2) is 0 Å². The maximum atomic E-state index is 13.3. The van der Waals surface area contributed by atoms with Gasteiger partial charge in [-0.3, -0.25) is 4.79 Å². The van der Waals surface area contributed by atoms with Crippen LogP contribution in [0.15, 0.2) is 29.4 Å². The van der Waals surface area contributed by atoms with Crippen molar-refractivity contribution in [1.29, 1.82) is 0 Å². The van der Waals surface area contributed by atoms with E-state index in [0.717, 1.165) is 12.0 Å². The van der Waals surface area contributed by atoms with E-state index in [4.69, 9.17) is 0 Å². The molecule has 1 aliphatic rings. The van der Waals surface area contributed by atoms with Crippen molar-refractivity contribution in [3.05, 3.63) is 35.4 Å². The summed E-state index contributed by atoms with van der Waals surface area (Å²) in [5.41, 5.74) is -1.76. The fourth-order valence-electron chi connectivity index (χ4n) is 2.34. The number of aliphatic hydroxyl groups is 1. The molecular formula is C16H19F3N2O2. The van der Waals surface area contributed by atoms with Crippen molar-refractivity contribution >= 4 is 11.6 Å². The summed E-state index contributed by atoms with van der Waals surface area (Å²) < 4.78 is 39.9. The molecule has 0 aromatic heterocycles. The summed E-state index contributed by atoms with van der Waals surface area (Å²) in [6.07, 6.45) is -4.97. The van der Waals surface area contributed by atoms with Gasteiger partial charge in [0.05, 0.1) is 12.1 Å². The third kappa shape index (κ3) is 3.10. The number of alkyl halides is 3. The number of benzene rings is 1. The first-order valence-corrected chi connectivity index (χ1v) is 7.40. The molecule has 1 N–H and O–H groups in total. The highest BCUT2D eigenvalue weighted by molar-refractivity contribution is 6.03. The molecule has 23 heavy (non-hydrogen) atoms. The summed E-state index contributed by atoms with van der Waals surface area (Å²) in [6.45, 7) is 4.89. The molecule has 0 spiro atoms. The lowest BCUT2D eigenvalue weighted by Gasteiger charge is -2.33. The van der Waals surface area contributed by atoms with Gasteiger partial charge in [0.2, 0.25) is 5.91 Å². The van der Waals surface area contributed by atoms with E-state index in [1.165, 1.54) is 13.8 Å². The molecule has 0 radical (unpaired) electrons. The first-order valence-electron chi connectivity index (χ1n) is 7.40. The van der Waals surface area contributed by atoms with Crippen LogP contribution in [0.3, 0.4) is 0 Å². The lowest BCUT2D eigenvalue weighted by atomic mass is 9.99. The molecule has 126 valence electrons. The van der Waals surface area contributed by atoms with E-state index < -0.39 is 30.1 Å². The summed E-state index contributed by atoms with van der Waals surface area (Å²) >= 11 is 0. The zero-order valence-corrected chi connectivity index (χ0v) is 13.2. The molecule has 1 aromatic carbocycles. The third-order valence-corrected chi connectivity index (χ3v) is 3.84. The SMILES string of the molecule is CCc1ccc(C2=NN(C(=O)C(C)C)[C@@](O)(C(F)(F)F)C2)cc1. The Morgan fingerprint density at radius 1 is 1.35 bits per heavy atom. The summed E-state index contributed by atoms with van der Waals surface area (Å²) in [5.74, 6) is -1.58. The average Bonchev–Trinajstić information content (AvgIpc) is 2.85. The van der Waals surface area contributed by atoms with Gasteiger partial charge in [-0.15, -0.1) is 0 Å². The summed E-state index contributed by atoms with van der Waals surface area (Å²) in [6, 6.07) is 6.88. The Morgan fingerprint density at radius 3 is 2.35 bits per heavy atom. The molecule has 2 rings (SSSR count). The Hall–Kier alpha value is -1.89. The molecule has 1 heterocycles. The van der Waals surface area contributed by atoms with Gasteiger partial charge in [-0.1, -0.05) is 45.0 Å². The average molecular weight is 328 g/mol. The van der Waals surface area contributed by atoms with Crippen LogP contribution < -0.4 is 0 Å². The van der Waals surface area contributed by atoms with Gasteiger partial charge in [-0.25, -0.2) is 0 Å². The number of amides is 1. The molecular weight excluding hydrogens is 309 g/mol. The van der Waals surface area contributed by atoms with Crippen LogP contribution in [0.5, 0.6) is 0 Å². The van der Waals surface area contributed by atoms with Crippen LogP contribution in [-0.4, -0.2) is 33.6 Å². The van der Waals surface area contributed by atoms with Crippen molar-refractivity contribution in [3.63, 3.8) is 0 Å². The minimum Gasteiger partial charge on any atom is -0.362 e. The Labute approximate surface area is 132 Å². The molecule has 0 saturated heterocycles. The quantitative estimate of drug-likeness (QED) is 0.927. The van der Waals surface area contributed by atoms with E-state index in [-0.39, 0.29) is 10.7 Å². The van der Waals surface area contributed by atoms with E-state index in [1.807, 2.05) is 6.92 Å². The molecule has 7 heteroatoms. The van der Waals surface area contributed by atoms with Gasteiger partial charge in [-0.05, 0) is 17.5 Å². The number of carbonyl (C=O) groups is 1. The second-order valence-corrected chi connectivity index (χ2v) is 5.89. The Morgan fingerprint density at radius 2 is 1.91 bits per heavy atom. The molecule has 1 amide bonds. The van der Waals surface area contributed by atoms with E-state index in [0.29, 0.717) is 5.56 Å². The second-order valence-electron chi connectivity index (χ2n) is 5.89. The van der Waals surface area contributed by atoms with E-state index in [1.54, 1.807) is 24.3 Å². The Balaban J connectivity index is 2.42. The number of halogens is 3. The molecule has 4 nitrogen and oxygen atoms in total. The van der Waals surface area contributed by atoms with Crippen molar-refractivity contribution in [2.24, 2.45) is 11.0 Å². The molecule has 0 unspecified atom stereocenters. The Kier molecular flexibility index (Phi) is 4.52. The van der Waals surface area contributed by atoms with E-state index in [9.17, 15) is 23.1 Å². The van der Waals surface area contributed by atoms with E-state index >= 15 is 0 Å². The monoisotopic (exact) mass is 328 g/mol. The number of carbonyl (C=O) groups excluding carboxylic acids is 1. The molecule has 0 fully saturated rings. The highest BCUT2D eigenvalue weighted by Gasteiger charge is 2.63. The molecule has 1 aliphatic heterocycles. The fraction of sp³-hybridized carbons (Fsp3) is 0.500. The molecule has 0 aliphatic carbocycles. The minimum absolute atomic E-state index is 0.0430. The minimum atomic E-state index is -4.99. The van der Waals surface area contributed by atoms with Crippen LogP contribution >= 0.6 is 0 Å². The highest BCUT2D eigenvalue weighted by Crippen LogP contribution is 2.41. The molecule has 1 aromatic rings. The number of rotatable bonds is 3. The normalized spacial score (nSPS) is 21.7. The van der Waals surface area contributed by atoms with Gasteiger partial charge in [-0.2, -0.15) is 23.3 Å². The van der Waals surface area contributed by atoms with Crippen molar-refractivity contribution in [3.8, 4) is 0 Å². The number of hydrogen-bond donors (Lipinski definition) is 1. The molecule has 0 saturated carbocycles. The number of aryl methyl sites for hydroxylation is 1. The van der Waals surface area contributed by atoms with Gasteiger partial charge in [0.1, 0.15) is 0 Å². The van der Waals surface area contributed by atoms with Gasteiger partial charge < -0.3 is 5.11 Å². The zero-order chi connectivity index (χ0) is 17.4. The largest absolute Gasteiger partial charge is 0.438 e. The molecule has 0 bridgehead atoms. The van der Waals surface area contributed by atoms with Crippen molar-refractivity contribution in [2.45, 2.75) is 45.5 Å².